The lowest BCUT2D eigenvalue weighted by Crippen LogP contribution is -2.07. The topological polar surface area (TPSA) is 84.0 Å². The zero-order chi connectivity index (χ0) is 14.6. The molecular formula is C15H14N2O2S. The Bertz CT molecular complexity index is 727. The Balaban J connectivity index is 2.10. The highest BCUT2D eigenvalue weighted by Crippen LogP contribution is 2.14. The third-order valence-corrected chi connectivity index (χ3v) is 4.38. The van der Waals surface area contributed by atoms with Crippen LogP contribution in [0.2, 0.25) is 0 Å². The normalized spacial score (nSPS) is 10.9. The van der Waals surface area contributed by atoms with Crippen molar-refractivity contribution in [3.8, 4) is 6.07 Å². The third kappa shape index (κ3) is 3.84. The van der Waals surface area contributed by atoms with Crippen LogP contribution in [0.25, 0.3) is 0 Å². The summed E-state index contributed by atoms with van der Waals surface area (Å²) in [6.07, 6.45) is 0. The highest BCUT2D eigenvalue weighted by molar-refractivity contribution is 7.89. The molecule has 0 spiro atoms. The van der Waals surface area contributed by atoms with E-state index in [2.05, 4.69) is 0 Å². The summed E-state index contributed by atoms with van der Waals surface area (Å²) >= 11 is 0. The summed E-state index contributed by atoms with van der Waals surface area (Å²) in [5, 5.41) is 8.70. The molecule has 0 aliphatic rings. The summed E-state index contributed by atoms with van der Waals surface area (Å²) in [4.78, 5) is 0. The smallest absolute Gasteiger partial charge is 0.158 e. The first-order valence-corrected chi connectivity index (χ1v) is 7.84. The molecule has 0 saturated carbocycles. The zero-order valence-electron chi connectivity index (χ0n) is 10.8. The van der Waals surface area contributed by atoms with Crippen LogP contribution < -0.4 is 5.73 Å². The minimum absolute atomic E-state index is 0.0206. The van der Waals surface area contributed by atoms with Crippen molar-refractivity contribution in [1.29, 1.82) is 5.26 Å². The molecule has 0 saturated heterocycles. The molecule has 0 aliphatic heterocycles. The summed E-state index contributed by atoms with van der Waals surface area (Å²) in [5.74, 6) is -0.0592. The Hall–Kier alpha value is -2.32. The number of hydrogen-bond donors (Lipinski definition) is 1. The Labute approximate surface area is 118 Å². The van der Waals surface area contributed by atoms with E-state index < -0.39 is 9.84 Å². The minimum atomic E-state index is -3.24. The molecule has 0 heterocycles. The van der Waals surface area contributed by atoms with Crippen molar-refractivity contribution >= 4 is 15.5 Å². The van der Waals surface area contributed by atoms with Gasteiger partial charge in [0.05, 0.1) is 23.1 Å². The van der Waals surface area contributed by atoms with Crippen LogP contribution in [0.5, 0.6) is 0 Å². The Morgan fingerprint density at radius 3 is 1.80 bits per heavy atom. The summed E-state index contributed by atoms with van der Waals surface area (Å²) in [5.41, 5.74) is 8.09. The van der Waals surface area contributed by atoms with Crippen LogP contribution in [0.3, 0.4) is 0 Å². The van der Waals surface area contributed by atoms with Crippen LogP contribution in [0, 0.1) is 11.3 Å². The van der Waals surface area contributed by atoms with Gasteiger partial charge in [-0.05, 0) is 35.4 Å². The number of hydrogen-bond acceptors (Lipinski definition) is 4. The number of nitrogens with zero attached hydrogens (tertiary/aromatic N) is 1. The number of nitriles is 1. The van der Waals surface area contributed by atoms with E-state index in [0.717, 1.165) is 0 Å². The number of nitrogen functional groups attached to an aromatic ring is 1. The molecular weight excluding hydrogens is 272 g/mol. The van der Waals surface area contributed by atoms with Gasteiger partial charge in [0.2, 0.25) is 0 Å². The quantitative estimate of drug-likeness (QED) is 0.874. The van der Waals surface area contributed by atoms with Gasteiger partial charge in [0.25, 0.3) is 0 Å². The van der Waals surface area contributed by atoms with E-state index in [1.54, 1.807) is 48.5 Å². The fourth-order valence-electron chi connectivity index (χ4n) is 1.85. The van der Waals surface area contributed by atoms with Crippen molar-refractivity contribution in [2.45, 2.75) is 11.5 Å². The zero-order valence-corrected chi connectivity index (χ0v) is 11.6. The van der Waals surface area contributed by atoms with Crippen molar-refractivity contribution < 1.29 is 8.42 Å². The molecule has 0 radical (unpaired) electrons. The average molecular weight is 286 g/mol. The van der Waals surface area contributed by atoms with Crippen molar-refractivity contribution in [3.05, 3.63) is 65.2 Å². The van der Waals surface area contributed by atoms with Gasteiger partial charge in [0.1, 0.15) is 0 Å². The molecule has 0 amide bonds. The van der Waals surface area contributed by atoms with Gasteiger partial charge in [-0.1, -0.05) is 24.3 Å². The predicted octanol–water partition coefficient (Wildman–Crippen LogP) is 2.26. The fraction of sp³-hybridized carbons (Fsp3) is 0.133. The molecule has 102 valence electrons. The molecule has 0 bridgehead atoms. The highest BCUT2D eigenvalue weighted by Gasteiger charge is 2.13. The van der Waals surface area contributed by atoms with E-state index in [1.807, 2.05) is 6.07 Å². The molecule has 4 nitrogen and oxygen atoms in total. The van der Waals surface area contributed by atoms with Gasteiger partial charge in [0.15, 0.2) is 9.84 Å². The number of benzene rings is 2. The fourth-order valence-corrected chi connectivity index (χ4v) is 3.35. The van der Waals surface area contributed by atoms with Crippen LogP contribution in [-0.4, -0.2) is 8.42 Å². The molecule has 0 aliphatic carbocycles. The molecule has 0 atom stereocenters. The summed E-state index contributed by atoms with van der Waals surface area (Å²) < 4.78 is 24.2. The summed E-state index contributed by atoms with van der Waals surface area (Å²) in [6.45, 7) is 0. The maximum absolute atomic E-state index is 12.1. The molecule has 0 aromatic heterocycles. The van der Waals surface area contributed by atoms with Gasteiger partial charge in [-0.25, -0.2) is 8.42 Å². The second-order valence-corrected chi connectivity index (χ2v) is 6.65. The first-order valence-electron chi connectivity index (χ1n) is 6.02. The molecule has 0 fully saturated rings. The Kier molecular flexibility index (Phi) is 4.06. The maximum atomic E-state index is 12.1. The third-order valence-electron chi connectivity index (χ3n) is 2.84. The van der Waals surface area contributed by atoms with Crippen molar-refractivity contribution in [1.82, 2.24) is 0 Å². The summed E-state index contributed by atoms with van der Waals surface area (Å²) in [6, 6.07) is 15.4. The van der Waals surface area contributed by atoms with Gasteiger partial charge in [-0.15, -0.1) is 0 Å². The van der Waals surface area contributed by atoms with Gasteiger partial charge in [-0.2, -0.15) is 5.26 Å². The minimum Gasteiger partial charge on any atom is -0.399 e. The van der Waals surface area contributed by atoms with Crippen molar-refractivity contribution in [2.24, 2.45) is 0 Å². The molecule has 2 rings (SSSR count). The second kappa shape index (κ2) is 5.76. The molecule has 2 N–H and O–H groups in total. The first kappa shape index (κ1) is 14.1. The molecule has 5 heteroatoms. The average Bonchev–Trinajstić information content (AvgIpc) is 2.41. The van der Waals surface area contributed by atoms with E-state index in [1.165, 1.54) is 0 Å². The standard InChI is InChI=1S/C15H14N2O2S/c16-9-12-1-3-13(4-2-12)10-20(18,19)11-14-5-7-15(17)8-6-14/h1-8H,10-11,17H2. The van der Waals surface area contributed by atoms with E-state index in [4.69, 9.17) is 11.0 Å². The monoisotopic (exact) mass is 286 g/mol. The summed E-state index contributed by atoms with van der Waals surface area (Å²) in [7, 11) is -3.24. The predicted molar refractivity (Wildman–Crippen MR) is 78.3 cm³/mol. The maximum Gasteiger partial charge on any atom is 0.158 e. The lowest BCUT2D eigenvalue weighted by atomic mass is 10.2. The van der Waals surface area contributed by atoms with E-state index >= 15 is 0 Å². The molecule has 0 unspecified atom stereocenters. The SMILES string of the molecule is N#Cc1ccc(CS(=O)(=O)Cc2ccc(N)cc2)cc1. The number of sulfone groups is 1. The van der Waals surface area contributed by atoms with Gasteiger partial charge in [0, 0.05) is 5.69 Å². The number of nitrogens with two attached hydrogens (primary N) is 1. The van der Waals surface area contributed by atoms with Crippen molar-refractivity contribution in [3.63, 3.8) is 0 Å². The lowest BCUT2D eigenvalue weighted by Gasteiger charge is -2.05. The molecule has 20 heavy (non-hydrogen) atoms. The van der Waals surface area contributed by atoms with Crippen LogP contribution in [0.1, 0.15) is 16.7 Å². The van der Waals surface area contributed by atoms with Crippen LogP contribution in [0.4, 0.5) is 5.69 Å². The van der Waals surface area contributed by atoms with E-state index in [-0.39, 0.29) is 11.5 Å². The van der Waals surface area contributed by atoms with Crippen molar-refractivity contribution in [2.75, 3.05) is 5.73 Å². The molecule has 2 aromatic carbocycles. The molecule has 2 aromatic rings. The van der Waals surface area contributed by atoms with Gasteiger partial charge in [-0.3, -0.25) is 0 Å². The highest BCUT2D eigenvalue weighted by atomic mass is 32.2. The van der Waals surface area contributed by atoms with E-state index in [0.29, 0.717) is 22.4 Å². The van der Waals surface area contributed by atoms with E-state index in [9.17, 15) is 8.42 Å². The first-order chi connectivity index (χ1) is 9.48. The van der Waals surface area contributed by atoms with Gasteiger partial charge < -0.3 is 5.73 Å². The van der Waals surface area contributed by atoms with Crippen LogP contribution in [0.15, 0.2) is 48.5 Å². The second-order valence-electron chi connectivity index (χ2n) is 4.58. The Morgan fingerprint density at radius 1 is 0.900 bits per heavy atom. The van der Waals surface area contributed by atoms with Crippen LogP contribution >= 0.6 is 0 Å². The number of anilines is 1. The van der Waals surface area contributed by atoms with Gasteiger partial charge >= 0.3 is 0 Å². The Morgan fingerprint density at radius 2 is 1.35 bits per heavy atom. The number of rotatable bonds is 4. The van der Waals surface area contributed by atoms with Crippen LogP contribution in [-0.2, 0) is 21.3 Å². The lowest BCUT2D eigenvalue weighted by molar-refractivity contribution is 0.594. The largest absolute Gasteiger partial charge is 0.399 e.